The number of hydrogen-bond acceptors (Lipinski definition) is 10. The van der Waals surface area contributed by atoms with Gasteiger partial charge in [0.25, 0.3) is 11.8 Å². The van der Waals surface area contributed by atoms with Gasteiger partial charge >= 0.3 is 5.97 Å². The van der Waals surface area contributed by atoms with Gasteiger partial charge in [0, 0.05) is 11.5 Å². The first-order valence-electron chi connectivity index (χ1n) is 10.9. The number of nitrogens with one attached hydrogen (secondary N) is 1. The van der Waals surface area contributed by atoms with E-state index in [1.54, 1.807) is 30.3 Å². The van der Waals surface area contributed by atoms with E-state index in [1.807, 2.05) is 6.92 Å². The summed E-state index contributed by atoms with van der Waals surface area (Å²) in [6.45, 7) is 1.91. The minimum Gasteiger partial charge on any atom is -0.484 e. The lowest BCUT2D eigenvalue weighted by Gasteiger charge is -2.49. The molecule has 0 saturated carbocycles. The zero-order valence-corrected chi connectivity index (χ0v) is 22.4. The number of benzene rings is 1. The van der Waals surface area contributed by atoms with Gasteiger partial charge < -0.3 is 19.6 Å². The van der Waals surface area contributed by atoms with Crippen LogP contribution in [0, 0.1) is 6.92 Å². The lowest BCUT2D eigenvalue weighted by atomic mass is 10.0. The van der Waals surface area contributed by atoms with Crippen LogP contribution in [0.4, 0.5) is 0 Å². The van der Waals surface area contributed by atoms with Crippen molar-refractivity contribution in [3.63, 3.8) is 0 Å². The van der Waals surface area contributed by atoms with Crippen LogP contribution in [0.1, 0.15) is 21.3 Å². The molecule has 192 valence electrons. The standard InChI is InChI=1S/C23H19ClN4O6S3/c1-11-26-27-23(37-11)36-10-12-9-35-21-17(20(30)28(21)18(12)22(31)32)25-19(29)16-7-6-13(34-16)8-33-15-5-3-2-4-14(15)24/h2-7,17,21H,8-10H2,1H3,(H,25,29)(H,31,32)/t17-,21-/m1/s1. The summed E-state index contributed by atoms with van der Waals surface area (Å²) >= 11 is 10.3. The van der Waals surface area contributed by atoms with E-state index in [-0.39, 0.29) is 18.1 Å². The van der Waals surface area contributed by atoms with Crippen molar-refractivity contribution in [1.82, 2.24) is 20.4 Å². The normalized spacial score (nSPS) is 18.9. The molecule has 1 saturated heterocycles. The van der Waals surface area contributed by atoms with Crippen molar-refractivity contribution in [1.29, 1.82) is 0 Å². The lowest BCUT2D eigenvalue weighted by molar-refractivity contribution is -0.148. The fourth-order valence-electron chi connectivity index (χ4n) is 3.78. The van der Waals surface area contributed by atoms with Crippen LogP contribution < -0.4 is 10.1 Å². The molecule has 4 heterocycles. The Morgan fingerprint density at radius 2 is 2.11 bits per heavy atom. The van der Waals surface area contributed by atoms with Gasteiger partial charge in [0.05, 0.1) is 5.02 Å². The van der Waals surface area contributed by atoms with Crippen molar-refractivity contribution in [3.8, 4) is 5.75 Å². The van der Waals surface area contributed by atoms with Crippen LogP contribution in [0.3, 0.4) is 0 Å². The Balaban J connectivity index is 1.21. The minimum atomic E-state index is -1.18. The number of amides is 2. The number of rotatable bonds is 9. The number of ether oxygens (including phenoxy) is 1. The highest BCUT2D eigenvalue weighted by Crippen LogP contribution is 2.42. The SMILES string of the molecule is Cc1nnc(SCC2=C(C(=O)O)N3C(=O)[C@@H](NC(=O)c4ccc(COc5ccccc5Cl)o4)[C@H]3SC2)s1. The quantitative estimate of drug-likeness (QED) is 0.285. The Morgan fingerprint density at radius 1 is 1.30 bits per heavy atom. The Morgan fingerprint density at radius 3 is 2.84 bits per heavy atom. The molecule has 2 atom stereocenters. The minimum absolute atomic E-state index is 0.0169. The number of carbonyl (C=O) groups excluding carboxylic acids is 2. The van der Waals surface area contributed by atoms with Crippen molar-refractivity contribution >= 4 is 64.2 Å². The molecular formula is C23H19ClN4O6S3. The summed E-state index contributed by atoms with van der Waals surface area (Å²) in [6, 6.07) is 9.22. The molecule has 14 heteroatoms. The fraction of sp³-hybridized carbons (Fsp3) is 0.261. The van der Waals surface area contributed by atoms with Gasteiger partial charge in [0.1, 0.15) is 40.2 Å². The van der Waals surface area contributed by atoms with Gasteiger partial charge in [-0.1, -0.05) is 46.8 Å². The summed E-state index contributed by atoms with van der Waals surface area (Å²) in [7, 11) is 0. The number of aliphatic carboxylic acids is 1. The van der Waals surface area contributed by atoms with E-state index >= 15 is 0 Å². The third-order valence-electron chi connectivity index (χ3n) is 5.51. The van der Waals surface area contributed by atoms with E-state index in [4.69, 9.17) is 20.8 Å². The van der Waals surface area contributed by atoms with Crippen LogP contribution in [0.25, 0.3) is 0 Å². The molecule has 3 aromatic rings. The molecule has 10 nitrogen and oxygen atoms in total. The Hall–Kier alpha value is -3.00. The summed E-state index contributed by atoms with van der Waals surface area (Å²) in [5, 5.41) is 21.3. The molecule has 2 aliphatic heterocycles. The van der Waals surface area contributed by atoms with Gasteiger partial charge in [-0.2, -0.15) is 0 Å². The number of halogens is 1. The highest BCUT2D eigenvalue weighted by molar-refractivity contribution is 8.01. The first-order chi connectivity index (χ1) is 17.8. The molecule has 1 fully saturated rings. The van der Waals surface area contributed by atoms with Crippen LogP contribution >= 0.6 is 46.5 Å². The second-order valence-corrected chi connectivity index (χ2v) is 11.9. The molecule has 5 rings (SSSR count). The second kappa shape index (κ2) is 10.8. The monoisotopic (exact) mass is 578 g/mol. The van der Waals surface area contributed by atoms with Crippen LogP contribution in [0.15, 0.2) is 56.4 Å². The van der Waals surface area contributed by atoms with Gasteiger partial charge in [-0.15, -0.1) is 22.0 Å². The second-order valence-electron chi connectivity index (χ2n) is 7.98. The number of fused-ring (bicyclic) bond motifs is 1. The van der Waals surface area contributed by atoms with Crippen molar-refractivity contribution in [2.24, 2.45) is 0 Å². The van der Waals surface area contributed by atoms with E-state index in [0.29, 0.717) is 33.6 Å². The van der Waals surface area contributed by atoms with Gasteiger partial charge in [0.15, 0.2) is 10.1 Å². The lowest BCUT2D eigenvalue weighted by Crippen LogP contribution is -2.70. The van der Waals surface area contributed by atoms with Crippen molar-refractivity contribution in [3.05, 3.63) is 69.2 Å². The smallest absolute Gasteiger partial charge is 0.352 e. The molecule has 0 radical (unpaired) electrons. The average Bonchev–Trinajstić information content (AvgIpc) is 3.53. The maximum Gasteiger partial charge on any atom is 0.352 e. The zero-order valence-electron chi connectivity index (χ0n) is 19.2. The number of aryl methyl sites for hydroxylation is 1. The topological polar surface area (TPSA) is 135 Å². The third kappa shape index (κ3) is 5.35. The van der Waals surface area contributed by atoms with E-state index < -0.39 is 29.2 Å². The maximum absolute atomic E-state index is 12.9. The van der Waals surface area contributed by atoms with E-state index in [0.717, 1.165) is 9.35 Å². The van der Waals surface area contributed by atoms with Crippen LogP contribution in [0.5, 0.6) is 5.75 Å². The predicted octanol–water partition coefficient (Wildman–Crippen LogP) is 3.82. The number of carbonyl (C=O) groups is 3. The van der Waals surface area contributed by atoms with Gasteiger partial charge in [-0.05, 0) is 36.8 Å². The Labute approximate surface area is 228 Å². The number of aromatic nitrogens is 2. The first kappa shape index (κ1) is 25.6. The van der Waals surface area contributed by atoms with E-state index in [1.165, 1.54) is 45.8 Å². The van der Waals surface area contributed by atoms with Crippen molar-refractivity contribution in [2.45, 2.75) is 29.3 Å². The molecule has 0 unspecified atom stereocenters. The average molecular weight is 579 g/mol. The van der Waals surface area contributed by atoms with Crippen molar-refractivity contribution in [2.75, 3.05) is 11.5 Å². The highest BCUT2D eigenvalue weighted by Gasteiger charge is 2.54. The fourth-order valence-corrected chi connectivity index (χ4v) is 7.27. The molecule has 2 N–H and O–H groups in total. The number of carboxylic acids is 1. The number of para-hydroxylation sites is 1. The molecule has 37 heavy (non-hydrogen) atoms. The van der Waals surface area contributed by atoms with Gasteiger partial charge in [-0.3, -0.25) is 14.5 Å². The summed E-state index contributed by atoms with van der Waals surface area (Å²) < 4.78 is 11.9. The van der Waals surface area contributed by atoms with Crippen LogP contribution in [-0.2, 0) is 16.2 Å². The number of hydrogen-bond donors (Lipinski definition) is 2. The van der Waals surface area contributed by atoms with E-state index in [9.17, 15) is 19.5 Å². The molecule has 0 bridgehead atoms. The van der Waals surface area contributed by atoms with Crippen molar-refractivity contribution < 1.29 is 28.6 Å². The molecule has 2 aromatic heterocycles. The zero-order chi connectivity index (χ0) is 26.1. The van der Waals surface area contributed by atoms with Crippen LogP contribution in [0.2, 0.25) is 5.02 Å². The van der Waals surface area contributed by atoms with Gasteiger partial charge in [0.2, 0.25) is 0 Å². The number of carboxylic acid groups (broad SMARTS) is 1. The molecule has 0 aliphatic carbocycles. The molecular weight excluding hydrogens is 560 g/mol. The number of nitrogens with zero attached hydrogens (tertiary/aromatic N) is 3. The molecule has 0 spiro atoms. The van der Waals surface area contributed by atoms with E-state index in [2.05, 4.69) is 15.5 Å². The summed E-state index contributed by atoms with van der Waals surface area (Å²) in [5.41, 5.74) is 0.587. The molecule has 1 aromatic carbocycles. The molecule has 2 amide bonds. The summed E-state index contributed by atoms with van der Waals surface area (Å²) in [6.07, 6.45) is 0. The van der Waals surface area contributed by atoms with Crippen LogP contribution in [-0.4, -0.2) is 60.9 Å². The molecule has 2 aliphatic rings. The maximum atomic E-state index is 12.9. The number of furan rings is 1. The third-order valence-corrected chi connectivity index (χ3v) is 9.22. The van der Waals surface area contributed by atoms with Gasteiger partial charge in [-0.25, -0.2) is 4.79 Å². The highest BCUT2D eigenvalue weighted by atomic mass is 35.5. The number of thioether (sulfide) groups is 2. The Bertz CT molecular complexity index is 1410. The first-order valence-corrected chi connectivity index (χ1v) is 14.1. The summed E-state index contributed by atoms with van der Waals surface area (Å²) in [4.78, 5) is 38.9. The largest absolute Gasteiger partial charge is 0.484 e. The predicted molar refractivity (Wildman–Crippen MR) is 139 cm³/mol. The Kier molecular flexibility index (Phi) is 7.47. The number of β-lactam (4-membered cyclic amide) rings is 1. The summed E-state index contributed by atoms with van der Waals surface area (Å²) in [5.74, 6) is -0.533.